The number of hydrogen-bond acceptors (Lipinski definition) is 4. The standard InChI is InChI=1S/C25H25NO4/c1-18-13-14-19(2)23(17-18)29-15-16-30-25(28)22-12-8-7-11-21(22)24(27)26(3)20-9-5-4-6-10-20/h4-14,17H,15-16H2,1-3H3. The Hall–Kier alpha value is -3.60. The van der Waals surface area contributed by atoms with Crippen LogP contribution < -0.4 is 9.64 Å². The first kappa shape index (κ1) is 21.1. The molecule has 0 fully saturated rings. The number of anilines is 1. The van der Waals surface area contributed by atoms with Gasteiger partial charge in [-0.3, -0.25) is 4.79 Å². The first-order valence-corrected chi connectivity index (χ1v) is 9.76. The van der Waals surface area contributed by atoms with Crippen LogP contribution in [-0.4, -0.2) is 32.1 Å². The average molecular weight is 403 g/mol. The van der Waals surface area contributed by atoms with Gasteiger partial charge in [0, 0.05) is 12.7 Å². The molecular formula is C25H25NO4. The third-order valence-corrected chi connectivity index (χ3v) is 4.74. The molecular weight excluding hydrogens is 378 g/mol. The van der Waals surface area contributed by atoms with Crippen LogP contribution >= 0.6 is 0 Å². The van der Waals surface area contributed by atoms with Crippen molar-refractivity contribution in [2.45, 2.75) is 13.8 Å². The highest BCUT2D eigenvalue weighted by atomic mass is 16.6. The van der Waals surface area contributed by atoms with Gasteiger partial charge in [-0.2, -0.15) is 0 Å². The van der Waals surface area contributed by atoms with E-state index >= 15 is 0 Å². The second-order valence-electron chi connectivity index (χ2n) is 7.00. The molecule has 0 aliphatic carbocycles. The minimum atomic E-state index is -0.551. The lowest BCUT2D eigenvalue weighted by Gasteiger charge is -2.19. The van der Waals surface area contributed by atoms with E-state index in [9.17, 15) is 9.59 Å². The number of aryl methyl sites for hydroxylation is 2. The molecule has 0 saturated heterocycles. The van der Waals surface area contributed by atoms with Gasteiger partial charge in [-0.05, 0) is 55.3 Å². The molecule has 0 aliphatic rings. The van der Waals surface area contributed by atoms with Gasteiger partial charge in [0.15, 0.2) is 0 Å². The molecule has 0 spiro atoms. The fourth-order valence-electron chi connectivity index (χ4n) is 3.02. The van der Waals surface area contributed by atoms with Crippen molar-refractivity contribution in [1.29, 1.82) is 0 Å². The van der Waals surface area contributed by atoms with Crippen molar-refractivity contribution in [2.24, 2.45) is 0 Å². The van der Waals surface area contributed by atoms with Crippen molar-refractivity contribution in [3.63, 3.8) is 0 Å². The zero-order chi connectivity index (χ0) is 21.5. The van der Waals surface area contributed by atoms with Crippen LogP contribution in [0.2, 0.25) is 0 Å². The number of hydrogen-bond donors (Lipinski definition) is 0. The van der Waals surface area contributed by atoms with Gasteiger partial charge in [0.25, 0.3) is 5.91 Å². The summed E-state index contributed by atoms with van der Waals surface area (Å²) in [6.07, 6.45) is 0. The molecule has 0 atom stereocenters. The second kappa shape index (κ2) is 9.74. The first-order valence-electron chi connectivity index (χ1n) is 9.76. The van der Waals surface area contributed by atoms with E-state index < -0.39 is 5.97 Å². The molecule has 0 aromatic heterocycles. The molecule has 0 unspecified atom stereocenters. The molecule has 0 saturated carbocycles. The molecule has 30 heavy (non-hydrogen) atoms. The van der Waals surface area contributed by atoms with Gasteiger partial charge < -0.3 is 14.4 Å². The molecule has 5 heteroatoms. The molecule has 3 aromatic carbocycles. The van der Waals surface area contributed by atoms with E-state index in [4.69, 9.17) is 9.47 Å². The maximum Gasteiger partial charge on any atom is 0.339 e. The van der Waals surface area contributed by atoms with E-state index in [0.29, 0.717) is 5.56 Å². The van der Waals surface area contributed by atoms with Crippen LogP contribution in [0, 0.1) is 13.8 Å². The Morgan fingerprint density at radius 2 is 1.50 bits per heavy atom. The monoisotopic (exact) mass is 403 g/mol. The van der Waals surface area contributed by atoms with Crippen molar-refractivity contribution in [3.05, 3.63) is 95.1 Å². The van der Waals surface area contributed by atoms with Crippen LogP contribution in [-0.2, 0) is 4.74 Å². The fraction of sp³-hybridized carbons (Fsp3) is 0.200. The number of rotatable bonds is 7. The molecule has 5 nitrogen and oxygen atoms in total. The number of carbonyl (C=O) groups is 2. The summed E-state index contributed by atoms with van der Waals surface area (Å²) >= 11 is 0. The van der Waals surface area contributed by atoms with E-state index in [0.717, 1.165) is 22.6 Å². The van der Waals surface area contributed by atoms with Gasteiger partial charge in [0.05, 0.1) is 11.1 Å². The third-order valence-electron chi connectivity index (χ3n) is 4.74. The maximum atomic E-state index is 12.9. The topological polar surface area (TPSA) is 55.8 Å². The summed E-state index contributed by atoms with van der Waals surface area (Å²) in [5, 5.41) is 0. The minimum Gasteiger partial charge on any atom is -0.490 e. The highest BCUT2D eigenvalue weighted by molar-refractivity contribution is 6.11. The summed E-state index contributed by atoms with van der Waals surface area (Å²) in [6, 6.07) is 21.9. The Morgan fingerprint density at radius 3 is 2.23 bits per heavy atom. The number of benzene rings is 3. The molecule has 0 N–H and O–H groups in total. The number of ether oxygens (including phenoxy) is 2. The highest BCUT2D eigenvalue weighted by Gasteiger charge is 2.21. The molecule has 0 aliphatic heterocycles. The highest BCUT2D eigenvalue weighted by Crippen LogP contribution is 2.20. The van der Waals surface area contributed by atoms with Crippen molar-refractivity contribution in [3.8, 4) is 5.75 Å². The number of amides is 1. The Balaban J connectivity index is 1.64. The summed E-state index contributed by atoms with van der Waals surface area (Å²) in [7, 11) is 1.68. The molecule has 0 radical (unpaired) electrons. The fourth-order valence-corrected chi connectivity index (χ4v) is 3.02. The predicted molar refractivity (Wildman–Crippen MR) is 117 cm³/mol. The van der Waals surface area contributed by atoms with Crippen molar-refractivity contribution in [1.82, 2.24) is 0 Å². The SMILES string of the molecule is Cc1ccc(C)c(OCCOC(=O)c2ccccc2C(=O)N(C)c2ccccc2)c1. The molecule has 0 heterocycles. The maximum absolute atomic E-state index is 12.9. The molecule has 154 valence electrons. The molecule has 3 aromatic rings. The van der Waals surface area contributed by atoms with Crippen LogP contribution in [0.4, 0.5) is 5.69 Å². The largest absolute Gasteiger partial charge is 0.490 e. The molecule has 3 rings (SSSR count). The Morgan fingerprint density at radius 1 is 0.833 bits per heavy atom. The van der Waals surface area contributed by atoms with Gasteiger partial charge in [0.1, 0.15) is 19.0 Å². The number of para-hydroxylation sites is 1. The molecule has 0 bridgehead atoms. The van der Waals surface area contributed by atoms with Crippen LogP contribution in [0.15, 0.2) is 72.8 Å². The van der Waals surface area contributed by atoms with Gasteiger partial charge in [-0.1, -0.05) is 42.5 Å². The normalized spacial score (nSPS) is 10.4. The molecule has 1 amide bonds. The third kappa shape index (κ3) is 5.06. The Labute approximate surface area is 176 Å². The number of esters is 1. The van der Waals surface area contributed by atoms with E-state index in [-0.39, 0.29) is 24.7 Å². The van der Waals surface area contributed by atoms with Gasteiger partial charge in [-0.25, -0.2) is 4.79 Å². The zero-order valence-corrected chi connectivity index (χ0v) is 17.4. The van der Waals surface area contributed by atoms with Crippen molar-refractivity contribution < 1.29 is 19.1 Å². The first-order chi connectivity index (χ1) is 14.5. The Kier molecular flexibility index (Phi) is 6.86. The van der Waals surface area contributed by atoms with E-state index in [1.807, 2.05) is 62.4 Å². The average Bonchev–Trinajstić information content (AvgIpc) is 2.78. The lowest BCUT2D eigenvalue weighted by Crippen LogP contribution is -2.28. The summed E-state index contributed by atoms with van der Waals surface area (Å²) in [5.41, 5.74) is 3.39. The van der Waals surface area contributed by atoms with Crippen molar-refractivity contribution in [2.75, 3.05) is 25.2 Å². The van der Waals surface area contributed by atoms with Crippen LogP contribution in [0.1, 0.15) is 31.8 Å². The zero-order valence-electron chi connectivity index (χ0n) is 17.4. The van der Waals surface area contributed by atoms with E-state index in [1.54, 1.807) is 31.3 Å². The lowest BCUT2D eigenvalue weighted by molar-refractivity contribution is 0.0447. The lowest BCUT2D eigenvalue weighted by atomic mass is 10.1. The van der Waals surface area contributed by atoms with Crippen LogP contribution in [0.25, 0.3) is 0 Å². The second-order valence-corrected chi connectivity index (χ2v) is 7.00. The minimum absolute atomic E-state index is 0.0866. The smallest absolute Gasteiger partial charge is 0.339 e. The number of carbonyl (C=O) groups excluding carboxylic acids is 2. The predicted octanol–water partition coefficient (Wildman–Crippen LogP) is 4.82. The van der Waals surface area contributed by atoms with Gasteiger partial charge >= 0.3 is 5.97 Å². The van der Waals surface area contributed by atoms with E-state index in [1.165, 1.54) is 4.90 Å². The van der Waals surface area contributed by atoms with E-state index in [2.05, 4.69) is 0 Å². The summed E-state index contributed by atoms with van der Waals surface area (Å²) in [4.78, 5) is 27.1. The van der Waals surface area contributed by atoms with Gasteiger partial charge in [-0.15, -0.1) is 0 Å². The summed E-state index contributed by atoms with van der Waals surface area (Å²) in [6.45, 7) is 4.28. The Bertz CT molecular complexity index is 1030. The summed E-state index contributed by atoms with van der Waals surface area (Å²) in [5.74, 6) is -0.0588. The summed E-state index contributed by atoms with van der Waals surface area (Å²) < 4.78 is 11.1. The van der Waals surface area contributed by atoms with Crippen LogP contribution in [0.5, 0.6) is 5.75 Å². The van der Waals surface area contributed by atoms with Crippen molar-refractivity contribution >= 4 is 17.6 Å². The quantitative estimate of drug-likeness (QED) is 0.419. The van der Waals surface area contributed by atoms with Crippen LogP contribution in [0.3, 0.4) is 0 Å². The van der Waals surface area contributed by atoms with Gasteiger partial charge in [0.2, 0.25) is 0 Å². The number of nitrogens with zero attached hydrogens (tertiary/aromatic N) is 1.